The van der Waals surface area contributed by atoms with Crippen molar-refractivity contribution in [3.05, 3.63) is 47.8 Å². The summed E-state index contributed by atoms with van der Waals surface area (Å²) in [5.41, 5.74) is 0.357. The van der Waals surface area contributed by atoms with Gasteiger partial charge in [0.15, 0.2) is 0 Å². The third kappa shape index (κ3) is 4.30. The zero-order valence-corrected chi connectivity index (χ0v) is 13.6. The van der Waals surface area contributed by atoms with E-state index in [0.717, 1.165) is 25.0 Å². The van der Waals surface area contributed by atoms with Crippen LogP contribution in [-0.4, -0.2) is 31.4 Å². The van der Waals surface area contributed by atoms with Crippen LogP contribution in [0.2, 0.25) is 0 Å². The lowest BCUT2D eigenvalue weighted by Crippen LogP contribution is -2.20. The molecule has 6 nitrogen and oxygen atoms in total. The number of nitrogens with zero attached hydrogens (tertiary/aromatic N) is 2. The third-order valence-corrected chi connectivity index (χ3v) is 4.98. The molecule has 0 bridgehead atoms. The van der Waals surface area contributed by atoms with Crippen LogP contribution >= 0.6 is 0 Å². The molecule has 1 aliphatic rings. The molecule has 0 radical (unpaired) electrons. The smallest absolute Gasteiger partial charge is 0.237 e. The Kier molecular flexibility index (Phi) is 4.81. The van der Waals surface area contributed by atoms with Gasteiger partial charge in [-0.15, -0.1) is 0 Å². The molecule has 0 spiro atoms. The van der Waals surface area contributed by atoms with Gasteiger partial charge >= 0.3 is 0 Å². The summed E-state index contributed by atoms with van der Waals surface area (Å²) in [5.74, 6) is -2.15. The van der Waals surface area contributed by atoms with Crippen LogP contribution in [0.3, 0.4) is 0 Å². The van der Waals surface area contributed by atoms with Crippen LogP contribution in [0.4, 0.5) is 14.5 Å². The number of nitrogens with one attached hydrogen (secondary N) is 1. The molecule has 2 heterocycles. The Morgan fingerprint density at radius 1 is 1.21 bits per heavy atom. The monoisotopic (exact) mass is 357 g/mol. The summed E-state index contributed by atoms with van der Waals surface area (Å²) in [7, 11) is -3.80. The summed E-state index contributed by atoms with van der Waals surface area (Å²) in [6.07, 6.45) is 4.66. The standard InChI is InChI=1S/C15H17F2N3O3S/c16-12-5-11(6-13(17)7-12)10-24(21,22)19-14-8-18-20(9-14)15-1-3-23-4-2-15/h5-9,15,19H,1-4,10H2. The van der Waals surface area contributed by atoms with Crippen LogP contribution in [0.15, 0.2) is 30.6 Å². The van der Waals surface area contributed by atoms with Gasteiger partial charge in [0.2, 0.25) is 10.0 Å². The van der Waals surface area contributed by atoms with Crippen LogP contribution in [0.1, 0.15) is 24.4 Å². The molecule has 0 unspecified atom stereocenters. The van der Waals surface area contributed by atoms with E-state index >= 15 is 0 Å². The molecule has 1 aromatic heterocycles. The molecule has 0 amide bonds. The zero-order chi connectivity index (χ0) is 17.2. The summed E-state index contributed by atoms with van der Waals surface area (Å²) in [6.45, 7) is 1.30. The minimum absolute atomic E-state index is 0.0387. The van der Waals surface area contributed by atoms with Crippen LogP contribution in [-0.2, 0) is 20.5 Å². The lowest BCUT2D eigenvalue weighted by molar-refractivity contribution is 0.0662. The summed E-state index contributed by atoms with van der Waals surface area (Å²) in [6, 6.07) is 2.86. The van der Waals surface area contributed by atoms with Crippen LogP contribution in [0, 0.1) is 11.6 Å². The first-order valence-electron chi connectivity index (χ1n) is 7.49. The SMILES string of the molecule is O=S(=O)(Cc1cc(F)cc(F)c1)Nc1cnn(C2CCOCC2)c1. The normalized spacial score (nSPS) is 16.2. The van der Waals surface area contributed by atoms with E-state index in [1.807, 2.05) is 0 Å². The Labute approximate surface area is 138 Å². The van der Waals surface area contributed by atoms with Gasteiger partial charge in [-0.3, -0.25) is 9.40 Å². The predicted molar refractivity (Wildman–Crippen MR) is 83.9 cm³/mol. The summed E-state index contributed by atoms with van der Waals surface area (Å²) < 4.78 is 60.0. The van der Waals surface area contributed by atoms with Crippen LogP contribution < -0.4 is 4.72 Å². The van der Waals surface area contributed by atoms with E-state index in [0.29, 0.717) is 25.0 Å². The van der Waals surface area contributed by atoms with E-state index in [9.17, 15) is 17.2 Å². The fourth-order valence-electron chi connectivity index (χ4n) is 2.67. The van der Waals surface area contributed by atoms with Gasteiger partial charge in [-0.05, 0) is 30.5 Å². The lowest BCUT2D eigenvalue weighted by atomic mass is 10.1. The number of hydrogen-bond acceptors (Lipinski definition) is 4. The Bertz CT molecular complexity index is 797. The summed E-state index contributed by atoms with van der Waals surface area (Å²) >= 11 is 0. The van der Waals surface area contributed by atoms with Crippen molar-refractivity contribution in [3.63, 3.8) is 0 Å². The second-order valence-electron chi connectivity index (χ2n) is 5.69. The quantitative estimate of drug-likeness (QED) is 0.892. The number of sulfonamides is 1. The lowest BCUT2D eigenvalue weighted by Gasteiger charge is -2.22. The molecule has 3 rings (SSSR count). The minimum atomic E-state index is -3.80. The van der Waals surface area contributed by atoms with Crippen molar-refractivity contribution in [1.82, 2.24) is 9.78 Å². The maximum Gasteiger partial charge on any atom is 0.237 e. The van der Waals surface area contributed by atoms with Gasteiger partial charge in [0, 0.05) is 25.5 Å². The number of aromatic nitrogens is 2. The maximum atomic E-state index is 13.2. The van der Waals surface area contributed by atoms with E-state index < -0.39 is 27.4 Å². The Balaban J connectivity index is 1.69. The predicted octanol–water partition coefficient (Wildman–Crippen LogP) is 2.45. The molecule has 130 valence electrons. The molecular formula is C15H17F2N3O3S. The Morgan fingerprint density at radius 3 is 2.54 bits per heavy atom. The van der Waals surface area contributed by atoms with Gasteiger partial charge < -0.3 is 4.74 Å². The average Bonchev–Trinajstić information content (AvgIpc) is 2.94. The van der Waals surface area contributed by atoms with Crippen molar-refractivity contribution in [2.75, 3.05) is 17.9 Å². The van der Waals surface area contributed by atoms with Gasteiger partial charge in [0.05, 0.1) is 23.7 Å². The number of halogens is 2. The van der Waals surface area contributed by atoms with Gasteiger partial charge in [-0.25, -0.2) is 17.2 Å². The molecule has 1 N–H and O–H groups in total. The topological polar surface area (TPSA) is 73.2 Å². The number of rotatable bonds is 5. The maximum absolute atomic E-state index is 13.2. The van der Waals surface area contributed by atoms with Crippen LogP contribution in [0.5, 0.6) is 0 Å². The van der Waals surface area contributed by atoms with Crippen molar-refractivity contribution in [2.45, 2.75) is 24.6 Å². The first-order valence-corrected chi connectivity index (χ1v) is 9.14. The highest BCUT2D eigenvalue weighted by Crippen LogP contribution is 2.22. The van der Waals surface area contributed by atoms with Gasteiger partial charge in [0.1, 0.15) is 11.6 Å². The molecule has 1 aliphatic heterocycles. The van der Waals surface area contributed by atoms with E-state index in [1.165, 1.54) is 6.20 Å². The molecule has 0 aliphatic carbocycles. The second-order valence-corrected chi connectivity index (χ2v) is 7.41. The van der Waals surface area contributed by atoms with Gasteiger partial charge in [-0.2, -0.15) is 5.10 Å². The number of anilines is 1. The molecule has 0 saturated carbocycles. The molecule has 0 atom stereocenters. The first kappa shape index (κ1) is 16.8. The van der Waals surface area contributed by atoms with E-state index in [2.05, 4.69) is 9.82 Å². The average molecular weight is 357 g/mol. The fourth-order valence-corrected chi connectivity index (χ4v) is 3.81. The van der Waals surface area contributed by atoms with Crippen molar-refractivity contribution >= 4 is 15.7 Å². The fraction of sp³-hybridized carbons (Fsp3) is 0.400. The van der Waals surface area contributed by atoms with Crippen molar-refractivity contribution in [2.24, 2.45) is 0 Å². The van der Waals surface area contributed by atoms with Crippen molar-refractivity contribution < 1.29 is 21.9 Å². The first-order chi connectivity index (χ1) is 11.4. The highest BCUT2D eigenvalue weighted by molar-refractivity contribution is 7.91. The summed E-state index contributed by atoms with van der Waals surface area (Å²) in [4.78, 5) is 0. The van der Waals surface area contributed by atoms with Crippen molar-refractivity contribution in [3.8, 4) is 0 Å². The highest BCUT2D eigenvalue weighted by atomic mass is 32.2. The molecule has 2 aromatic rings. The molecule has 9 heteroatoms. The largest absolute Gasteiger partial charge is 0.381 e. The highest BCUT2D eigenvalue weighted by Gasteiger charge is 2.18. The van der Waals surface area contributed by atoms with Gasteiger partial charge in [0.25, 0.3) is 0 Å². The van der Waals surface area contributed by atoms with Crippen LogP contribution in [0.25, 0.3) is 0 Å². The van der Waals surface area contributed by atoms with E-state index in [4.69, 9.17) is 4.74 Å². The molecule has 1 aromatic carbocycles. The minimum Gasteiger partial charge on any atom is -0.381 e. The molecule has 1 saturated heterocycles. The molecule has 24 heavy (non-hydrogen) atoms. The zero-order valence-electron chi connectivity index (χ0n) is 12.8. The van der Waals surface area contributed by atoms with Gasteiger partial charge in [-0.1, -0.05) is 0 Å². The summed E-state index contributed by atoms with van der Waals surface area (Å²) in [5, 5.41) is 4.17. The number of ether oxygens (including phenoxy) is 1. The Morgan fingerprint density at radius 2 is 1.88 bits per heavy atom. The number of hydrogen-bond donors (Lipinski definition) is 1. The Hall–Kier alpha value is -2.00. The second kappa shape index (κ2) is 6.86. The van der Waals surface area contributed by atoms with E-state index in [-0.39, 0.29) is 11.6 Å². The molecular weight excluding hydrogens is 340 g/mol. The third-order valence-electron chi connectivity index (χ3n) is 3.72. The number of benzene rings is 1. The molecule has 1 fully saturated rings. The van der Waals surface area contributed by atoms with Crippen molar-refractivity contribution in [1.29, 1.82) is 0 Å². The van der Waals surface area contributed by atoms with E-state index in [1.54, 1.807) is 10.9 Å².